The molecule has 1 aliphatic rings. The Morgan fingerprint density at radius 2 is 2.00 bits per heavy atom. The predicted molar refractivity (Wildman–Crippen MR) is 52.6 cm³/mol. The van der Waals surface area contributed by atoms with Gasteiger partial charge in [-0.1, -0.05) is 0 Å². The second kappa shape index (κ2) is 5.23. The number of unbranched alkanes of at least 4 members (excludes halogenated alkanes) is 1. The molecular weight excluding hydrogens is 207 g/mol. The second-order valence-electron chi connectivity index (χ2n) is 3.76. The maximum Gasteiger partial charge on any atom is 0.389 e. The summed E-state index contributed by atoms with van der Waals surface area (Å²) in [5.74, 6) is 0.351. The highest BCUT2D eigenvalue weighted by Gasteiger charge is 2.25. The number of hydrogen-bond acceptors (Lipinski definition) is 1. The number of halogens is 3. The second-order valence-corrected chi connectivity index (χ2v) is 3.76. The van der Waals surface area contributed by atoms with Crippen LogP contribution in [-0.2, 0) is 0 Å². The average Bonchev–Trinajstić information content (AvgIpc) is 2.85. The Balaban J connectivity index is 1.99. The van der Waals surface area contributed by atoms with Crippen molar-refractivity contribution in [3.05, 3.63) is 0 Å². The molecule has 1 saturated carbocycles. The van der Waals surface area contributed by atoms with Crippen LogP contribution in [0.25, 0.3) is 0 Å². The molecule has 0 radical (unpaired) electrons. The largest absolute Gasteiger partial charge is 0.389 e. The topological polar surface area (TPSA) is 50.4 Å². The number of nitrogens with two attached hydrogens (primary N) is 1. The smallest absolute Gasteiger partial charge is 0.370 e. The van der Waals surface area contributed by atoms with E-state index in [1.165, 1.54) is 0 Å². The number of hydrogen-bond donors (Lipinski definition) is 2. The lowest BCUT2D eigenvalue weighted by Gasteiger charge is -2.05. The van der Waals surface area contributed by atoms with Crippen LogP contribution < -0.4 is 11.1 Å². The Kier molecular flexibility index (Phi) is 4.23. The molecule has 0 saturated heterocycles. The normalized spacial score (nSPS) is 17.9. The van der Waals surface area contributed by atoms with Gasteiger partial charge in [0.05, 0.1) is 0 Å². The van der Waals surface area contributed by atoms with Crippen molar-refractivity contribution >= 4 is 5.96 Å². The van der Waals surface area contributed by atoms with Crippen LogP contribution in [0.15, 0.2) is 4.99 Å². The van der Waals surface area contributed by atoms with E-state index in [0.29, 0.717) is 25.0 Å². The highest BCUT2D eigenvalue weighted by atomic mass is 19.4. The number of nitrogens with zero attached hydrogens (tertiary/aromatic N) is 1. The van der Waals surface area contributed by atoms with Crippen molar-refractivity contribution in [2.45, 2.75) is 44.3 Å². The van der Waals surface area contributed by atoms with Gasteiger partial charge in [-0.05, 0) is 25.7 Å². The molecule has 88 valence electrons. The Morgan fingerprint density at radius 3 is 2.53 bits per heavy atom. The monoisotopic (exact) mass is 223 g/mol. The van der Waals surface area contributed by atoms with Crippen molar-refractivity contribution in [1.82, 2.24) is 5.32 Å². The van der Waals surface area contributed by atoms with Gasteiger partial charge in [0.2, 0.25) is 0 Å². The number of rotatable bonds is 5. The first-order valence-electron chi connectivity index (χ1n) is 5.10. The Hall–Kier alpha value is -0.940. The van der Waals surface area contributed by atoms with Gasteiger partial charge in [-0.15, -0.1) is 0 Å². The quantitative estimate of drug-likeness (QED) is 0.424. The van der Waals surface area contributed by atoms with Gasteiger partial charge in [-0.3, -0.25) is 4.99 Å². The third-order valence-electron chi connectivity index (χ3n) is 2.08. The fraction of sp³-hybridized carbons (Fsp3) is 0.889. The van der Waals surface area contributed by atoms with E-state index in [1.54, 1.807) is 0 Å². The van der Waals surface area contributed by atoms with Crippen LogP contribution in [0.1, 0.15) is 32.1 Å². The Labute approximate surface area is 86.9 Å². The number of alkyl halides is 3. The molecule has 0 aromatic carbocycles. The molecule has 1 fully saturated rings. The summed E-state index contributed by atoms with van der Waals surface area (Å²) < 4.78 is 35.2. The van der Waals surface area contributed by atoms with E-state index in [1.807, 2.05) is 0 Å². The van der Waals surface area contributed by atoms with Crippen LogP contribution in [-0.4, -0.2) is 24.7 Å². The summed E-state index contributed by atoms with van der Waals surface area (Å²) in [6.45, 7) is 0.363. The van der Waals surface area contributed by atoms with Crippen molar-refractivity contribution in [3.8, 4) is 0 Å². The number of guanidine groups is 1. The summed E-state index contributed by atoms with van der Waals surface area (Å²) in [4.78, 5) is 3.94. The zero-order valence-corrected chi connectivity index (χ0v) is 8.48. The molecule has 0 heterocycles. The third-order valence-corrected chi connectivity index (χ3v) is 2.08. The number of aliphatic imine (C=N–C) groups is 1. The average molecular weight is 223 g/mol. The standard InChI is InChI=1S/C9H16F3N3/c10-9(11,12)5-1-2-6-14-8(13)15-7-3-4-7/h7H,1-6H2,(H3,13,14,15). The minimum atomic E-state index is -4.05. The zero-order chi connectivity index (χ0) is 11.3. The minimum absolute atomic E-state index is 0.115. The third kappa shape index (κ3) is 7.04. The van der Waals surface area contributed by atoms with Crippen LogP contribution in [0.4, 0.5) is 13.2 Å². The van der Waals surface area contributed by atoms with Crippen LogP contribution >= 0.6 is 0 Å². The fourth-order valence-corrected chi connectivity index (χ4v) is 1.12. The molecule has 0 bridgehead atoms. The van der Waals surface area contributed by atoms with Gasteiger partial charge in [0.25, 0.3) is 0 Å². The first-order chi connectivity index (χ1) is 6.97. The van der Waals surface area contributed by atoms with Crippen molar-refractivity contribution in [3.63, 3.8) is 0 Å². The van der Waals surface area contributed by atoms with E-state index in [9.17, 15) is 13.2 Å². The predicted octanol–water partition coefficient (Wildman–Crippen LogP) is 1.79. The lowest BCUT2D eigenvalue weighted by atomic mass is 10.2. The maximum atomic E-state index is 11.7. The van der Waals surface area contributed by atoms with Crippen LogP contribution in [0.3, 0.4) is 0 Å². The summed E-state index contributed by atoms with van der Waals surface area (Å²) in [6.07, 6.45) is -2.05. The fourth-order valence-electron chi connectivity index (χ4n) is 1.12. The van der Waals surface area contributed by atoms with Gasteiger partial charge in [-0.25, -0.2) is 0 Å². The van der Waals surface area contributed by atoms with Crippen LogP contribution in [0.2, 0.25) is 0 Å². The van der Waals surface area contributed by atoms with Gasteiger partial charge in [0.1, 0.15) is 0 Å². The van der Waals surface area contributed by atoms with Crippen molar-refractivity contribution < 1.29 is 13.2 Å². The molecule has 0 spiro atoms. The summed E-state index contributed by atoms with van der Waals surface area (Å²) in [6, 6.07) is 0.434. The van der Waals surface area contributed by atoms with E-state index < -0.39 is 12.6 Å². The van der Waals surface area contributed by atoms with Gasteiger partial charge < -0.3 is 11.1 Å². The molecule has 0 amide bonds. The Morgan fingerprint density at radius 1 is 1.33 bits per heavy atom. The summed E-state index contributed by atoms with van der Waals surface area (Å²) >= 11 is 0. The van der Waals surface area contributed by atoms with Gasteiger partial charge >= 0.3 is 6.18 Å². The zero-order valence-electron chi connectivity index (χ0n) is 8.48. The number of nitrogens with one attached hydrogen (secondary N) is 1. The van der Waals surface area contributed by atoms with E-state index >= 15 is 0 Å². The molecule has 6 heteroatoms. The minimum Gasteiger partial charge on any atom is -0.370 e. The summed E-state index contributed by atoms with van der Waals surface area (Å²) in [7, 11) is 0. The van der Waals surface area contributed by atoms with Crippen molar-refractivity contribution in [2.24, 2.45) is 10.7 Å². The van der Waals surface area contributed by atoms with Gasteiger partial charge in [0.15, 0.2) is 5.96 Å². The molecule has 3 nitrogen and oxygen atoms in total. The van der Waals surface area contributed by atoms with Crippen molar-refractivity contribution in [1.29, 1.82) is 0 Å². The van der Waals surface area contributed by atoms with E-state index in [4.69, 9.17) is 5.73 Å². The molecule has 0 atom stereocenters. The highest BCUT2D eigenvalue weighted by Crippen LogP contribution is 2.22. The molecule has 0 aromatic rings. The molecule has 1 rings (SSSR count). The molecular formula is C9H16F3N3. The summed E-state index contributed by atoms with van der Waals surface area (Å²) in [5, 5.41) is 2.97. The Bertz CT molecular complexity index is 221. The van der Waals surface area contributed by atoms with E-state index in [2.05, 4.69) is 10.3 Å². The van der Waals surface area contributed by atoms with Gasteiger partial charge in [-0.2, -0.15) is 13.2 Å². The highest BCUT2D eigenvalue weighted by molar-refractivity contribution is 5.78. The van der Waals surface area contributed by atoms with E-state index in [-0.39, 0.29) is 6.42 Å². The SMILES string of the molecule is NC(=NCCCCC(F)(F)F)NC1CC1. The first kappa shape index (κ1) is 12.1. The maximum absolute atomic E-state index is 11.7. The lowest BCUT2D eigenvalue weighted by Crippen LogP contribution is -2.33. The summed E-state index contributed by atoms with van der Waals surface area (Å²) in [5.41, 5.74) is 5.50. The van der Waals surface area contributed by atoms with Gasteiger partial charge in [0, 0.05) is 19.0 Å². The van der Waals surface area contributed by atoms with Crippen LogP contribution in [0, 0.1) is 0 Å². The molecule has 3 N–H and O–H groups in total. The molecule has 0 aliphatic heterocycles. The first-order valence-corrected chi connectivity index (χ1v) is 5.10. The van der Waals surface area contributed by atoms with Crippen LogP contribution in [0.5, 0.6) is 0 Å². The molecule has 1 aliphatic carbocycles. The molecule has 0 unspecified atom stereocenters. The molecule has 15 heavy (non-hydrogen) atoms. The van der Waals surface area contributed by atoms with Crippen molar-refractivity contribution in [2.75, 3.05) is 6.54 Å². The van der Waals surface area contributed by atoms with E-state index in [0.717, 1.165) is 12.8 Å². The molecule has 0 aromatic heterocycles. The lowest BCUT2D eigenvalue weighted by molar-refractivity contribution is -0.135.